The SMILES string of the molecule is CC(C)Oc1cccc(C(=O)N(C)CC2CC(O)C2)c1. The van der Waals surface area contributed by atoms with Gasteiger partial charge in [-0.05, 0) is 50.8 Å². The van der Waals surface area contributed by atoms with Crippen molar-refractivity contribution in [1.29, 1.82) is 0 Å². The number of carbonyl (C=O) groups is 1. The highest BCUT2D eigenvalue weighted by Crippen LogP contribution is 2.28. The Bertz CT molecular complexity index is 467. The van der Waals surface area contributed by atoms with Gasteiger partial charge in [-0.3, -0.25) is 4.79 Å². The normalized spacial score (nSPS) is 21.4. The molecule has 0 radical (unpaired) electrons. The van der Waals surface area contributed by atoms with Crippen LogP contribution in [0.15, 0.2) is 24.3 Å². The van der Waals surface area contributed by atoms with E-state index in [0.29, 0.717) is 18.0 Å². The van der Waals surface area contributed by atoms with E-state index >= 15 is 0 Å². The molecule has 1 aliphatic rings. The van der Waals surface area contributed by atoms with Crippen molar-refractivity contribution in [3.05, 3.63) is 29.8 Å². The van der Waals surface area contributed by atoms with Gasteiger partial charge >= 0.3 is 0 Å². The number of rotatable bonds is 5. The number of aliphatic hydroxyl groups excluding tert-OH is 1. The van der Waals surface area contributed by atoms with Gasteiger partial charge in [-0.15, -0.1) is 0 Å². The molecule has 0 saturated heterocycles. The molecular formula is C16H23NO3. The van der Waals surface area contributed by atoms with Gasteiger partial charge in [-0.2, -0.15) is 0 Å². The van der Waals surface area contributed by atoms with E-state index in [1.165, 1.54) is 0 Å². The second-order valence-electron chi connectivity index (χ2n) is 5.87. The lowest BCUT2D eigenvalue weighted by Crippen LogP contribution is -2.39. The molecule has 0 unspecified atom stereocenters. The van der Waals surface area contributed by atoms with E-state index in [1.807, 2.05) is 39.1 Å². The maximum absolute atomic E-state index is 12.3. The van der Waals surface area contributed by atoms with Crippen LogP contribution in [0.2, 0.25) is 0 Å². The van der Waals surface area contributed by atoms with Gasteiger partial charge in [-0.1, -0.05) is 6.07 Å². The molecule has 0 spiro atoms. The first kappa shape index (κ1) is 14.9. The first-order chi connectivity index (χ1) is 9.45. The molecular weight excluding hydrogens is 254 g/mol. The van der Waals surface area contributed by atoms with E-state index in [0.717, 1.165) is 18.6 Å². The van der Waals surface area contributed by atoms with Gasteiger partial charge < -0.3 is 14.7 Å². The minimum absolute atomic E-state index is 0.000552. The van der Waals surface area contributed by atoms with Gasteiger partial charge in [0.25, 0.3) is 5.91 Å². The maximum atomic E-state index is 12.3. The van der Waals surface area contributed by atoms with Crippen molar-refractivity contribution in [2.45, 2.75) is 38.9 Å². The van der Waals surface area contributed by atoms with Crippen molar-refractivity contribution in [3.63, 3.8) is 0 Å². The lowest BCUT2D eigenvalue weighted by atomic mass is 9.82. The summed E-state index contributed by atoms with van der Waals surface area (Å²) in [6, 6.07) is 7.29. The molecule has 1 aromatic rings. The lowest BCUT2D eigenvalue weighted by molar-refractivity contribution is 0.0265. The summed E-state index contributed by atoms with van der Waals surface area (Å²) in [7, 11) is 1.81. The molecule has 4 heteroatoms. The predicted molar refractivity (Wildman–Crippen MR) is 77.9 cm³/mol. The topological polar surface area (TPSA) is 49.8 Å². The molecule has 0 aromatic heterocycles. The van der Waals surface area contributed by atoms with Gasteiger partial charge in [0.2, 0.25) is 0 Å². The highest BCUT2D eigenvalue weighted by atomic mass is 16.5. The Labute approximate surface area is 120 Å². The number of nitrogens with zero attached hydrogens (tertiary/aromatic N) is 1. The fraction of sp³-hybridized carbons (Fsp3) is 0.562. The molecule has 1 fully saturated rings. The molecule has 0 atom stereocenters. The van der Waals surface area contributed by atoms with Gasteiger partial charge in [0.15, 0.2) is 0 Å². The first-order valence-corrected chi connectivity index (χ1v) is 7.16. The quantitative estimate of drug-likeness (QED) is 0.898. The van der Waals surface area contributed by atoms with E-state index in [-0.39, 0.29) is 18.1 Å². The number of amides is 1. The zero-order valence-electron chi connectivity index (χ0n) is 12.4. The third-order valence-electron chi connectivity index (χ3n) is 3.54. The standard InChI is InChI=1S/C16H23NO3/c1-11(2)20-15-6-4-5-13(9-15)16(19)17(3)10-12-7-14(18)8-12/h4-6,9,11-12,14,18H,7-8,10H2,1-3H3. The van der Waals surface area contributed by atoms with Gasteiger partial charge in [-0.25, -0.2) is 0 Å². The minimum Gasteiger partial charge on any atom is -0.491 e. The van der Waals surface area contributed by atoms with Gasteiger partial charge in [0.1, 0.15) is 5.75 Å². The smallest absolute Gasteiger partial charge is 0.253 e. The number of aliphatic hydroxyl groups is 1. The van der Waals surface area contributed by atoms with Gasteiger partial charge in [0.05, 0.1) is 12.2 Å². The molecule has 1 aromatic carbocycles. The number of ether oxygens (including phenoxy) is 1. The van der Waals surface area contributed by atoms with E-state index in [1.54, 1.807) is 11.0 Å². The van der Waals surface area contributed by atoms with Crippen LogP contribution in [0.3, 0.4) is 0 Å². The fourth-order valence-corrected chi connectivity index (χ4v) is 2.51. The van der Waals surface area contributed by atoms with Crippen LogP contribution in [-0.4, -0.2) is 41.7 Å². The zero-order chi connectivity index (χ0) is 14.7. The lowest BCUT2D eigenvalue weighted by Gasteiger charge is -2.34. The Morgan fingerprint density at radius 3 is 2.75 bits per heavy atom. The monoisotopic (exact) mass is 277 g/mol. The molecule has 1 saturated carbocycles. The molecule has 2 rings (SSSR count). The first-order valence-electron chi connectivity index (χ1n) is 7.16. The maximum Gasteiger partial charge on any atom is 0.253 e. The molecule has 4 nitrogen and oxygen atoms in total. The summed E-state index contributed by atoms with van der Waals surface area (Å²) in [5, 5.41) is 9.29. The third-order valence-corrected chi connectivity index (χ3v) is 3.54. The Kier molecular flexibility index (Phi) is 4.65. The van der Waals surface area contributed by atoms with Crippen LogP contribution in [0.5, 0.6) is 5.75 Å². The number of hydrogen-bond donors (Lipinski definition) is 1. The Hall–Kier alpha value is -1.55. The summed E-state index contributed by atoms with van der Waals surface area (Å²) in [4.78, 5) is 14.1. The van der Waals surface area contributed by atoms with Crippen LogP contribution in [0.1, 0.15) is 37.0 Å². The van der Waals surface area contributed by atoms with Crippen LogP contribution < -0.4 is 4.74 Å². The van der Waals surface area contributed by atoms with Crippen LogP contribution in [0.4, 0.5) is 0 Å². The van der Waals surface area contributed by atoms with Crippen LogP contribution >= 0.6 is 0 Å². The molecule has 0 aliphatic heterocycles. The third kappa shape index (κ3) is 3.73. The summed E-state index contributed by atoms with van der Waals surface area (Å²) in [5.74, 6) is 1.15. The Balaban J connectivity index is 1.97. The Morgan fingerprint density at radius 1 is 1.45 bits per heavy atom. The second kappa shape index (κ2) is 6.27. The van der Waals surface area contributed by atoms with Crippen molar-refractivity contribution >= 4 is 5.91 Å². The molecule has 20 heavy (non-hydrogen) atoms. The zero-order valence-corrected chi connectivity index (χ0v) is 12.4. The van der Waals surface area contributed by atoms with E-state index in [9.17, 15) is 9.90 Å². The summed E-state index contributed by atoms with van der Waals surface area (Å²) in [6.45, 7) is 4.62. The van der Waals surface area contributed by atoms with Crippen LogP contribution in [-0.2, 0) is 0 Å². The largest absolute Gasteiger partial charge is 0.491 e. The predicted octanol–water partition coefficient (Wildman–Crippen LogP) is 2.32. The van der Waals surface area contributed by atoms with E-state index < -0.39 is 0 Å². The van der Waals surface area contributed by atoms with Crippen LogP contribution in [0.25, 0.3) is 0 Å². The molecule has 0 bridgehead atoms. The van der Waals surface area contributed by atoms with Gasteiger partial charge in [0, 0.05) is 19.2 Å². The van der Waals surface area contributed by atoms with E-state index in [2.05, 4.69) is 0 Å². The summed E-state index contributed by atoms with van der Waals surface area (Å²) in [5.41, 5.74) is 0.644. The minimum atomic E-state index is -0.175. The van der Waals surface area contributed by atoms with Crippen molar-refractivity contribution in [2.24, 2.45) is 5.92 Å². The highest BCUT2D eigenvalue weighted by molar-refractivity contribution is 5.94. The number of hydrogen-bond acceptors (Lipinski definition) is 3. The summed E-state index contributed by atoms with van der Waals surface area (Å²) in [6.07, 6.45) is 1.52. The molecule has 1 N–H and O–H groups in total. The van der Waals surface area contributed by atoms with Crippen molar-refractivity contribution in [2.75, 3.05) is 13.6 Å². The highest BCUT2D eigenvalue weighted by Gasteiger charge is 2.29. The fourth-order valence-electron chi connectivity index (χ4n) is 2.51. The van der Waals surface area contributed by atoms with E-state index in [4.69, 9.17) is 4.74 Å². The van der Waals surface area contributed by atoms with Crippen molar-refractivity contribution < 1.29 is 14.6 Å². The molecule has 1 amide bonds. The molecule has 0 heterocycles. The average molecular weight is 277 g/mol. The number of benzene rings is 1. The van der Waals surface area contributed by atoms with Crippen molar-refractivity contribution in [1.82, 2.24) is 4.90 Å². The number of carbonyl (C=O) groups excluding carboxylic acids is 1. The van der Waals surface area contributed by atoms with Crippen LogP contribution in [0, 0.1) is 5.92 Å². The molecule has 1 aliphatic carbocycles. The van der Waals surface area contributed by atoms with Crippen molar-refractivity contribution in [3.8, 4) is 5.75 Å². The summed E-state index contributed by atoms with van der Waals surface area (Å²) < 4.78 is 5.61. The molecule has 110 valence electrons. The average Bonchev–Trinajstić information content (AvgIpc) is 2.35. The second-order valence-corrected chi connectivity index (χ2v) is 5.87. The summed E-state index contributed by atoms with van der Waals surface area (Å²) >= 11 is 0. The Morgan fingerprint density at radius 2 is 2.15 bits per heavy atom.